The van der Waals surface area contributed by atoms with Gasteiger partial charge in [0, 0.05) is 18.1 Å². The van der Waals surface area contributed by atoms with Gasteiger partial charge in [-0.25, -0.2) is 9.18 Å². The molecular weight excluding hydrogens is 499 g/mol. The van der Waals surface area contributed by atoms with Crippen molar-refractivity contribution in [2.45, 2.75) is 116 Å². The van der Waals surface area contributed by atoms with Crippen LogP contribution in [-0.2, 0) is 24.7 Å². The molecule has 1 aromatic carbocycles. The van der Waals surface area contributed by atoms with Crippen molar-refractivity contribution in [1.82, 2.24) is 0 Å². The molecule has 0 heterocycles. The summed E-state index contributed by atoms with van der Waals surface area (Å²) < 4.78 is 26.6. The predicted molar refractivity (Wildman–Crippen MR) is 150 cm³/mol. The van der Waals surface area contributed by atoms with Gasteiger partial charge in [-0.2, -0.15) is 0 Å². The highest BCUT2D eigenvalue weighted by Gasteiger charge is 2.41. The highest BCUT2D eigenvalue weighted by Crippen LogP contribution is 2.39. The summed E-state index contributed by atoms with van der Waals surface area (Å²) in [6, 6.07) is 6.46. The maximum atomic E-state index is 15.1. The van der Waals surface area contributed by atoms with E-state index in [1.54, 1.807) is 24.3 Å². The fraction of sp³-hybridized carbons (Fsp3) is 0.594. The maximum absolute atomic E-state index is 15.1. The molecular formula is C32H45FO6. The number of carbonyl (C=O) groups excluding carboxylic acids is 2. The summed E-state index contributed by atoms with van der Waals surface area (Å²) in [7, 11) is 0. The van der Waals surface area contributed by atoms with Gasteiger partial charge in [-0.1, -0.05) is 95.9 Å². The van der Waals surface area contributed by atoms with Crippen LogP contribution >= 0.6 is 0 Å². The number of hydrogen-bond acceptors (Lipinski definition) is 5. The van der Waals surface area contributed by atoms with Gasteiger partial charge in [0.1, 0.15) is 11.7 Å². The summed E-state index contributed by atoms with van der Waals surface area (Å²) in [5, 5.41) is 9.38. The standard InChI is InChI=1S/C32H45FO6/c1-4-6-8-10-11-12-14-20-29(34)39-32(22-21-26(30(35)36)28(33)23-32)27-19-16-15-18-25(27)31(37)38-24(3)17-13-9-7-5-2/h15-16,18-19,21-24,26H,4-14,17,20H2,1-3H3,(H,35,36). The Hall–Kier alpha value is -2.96. The number of unbranched alkanes of at least 4 members (excludes halogenated alkanes) is 9. The number of benzene rings is 1. The largest absolute Gasteiger partial charge is 0.480 e. The van der Waals surface area contributed by atoms with Crippen molar-refractivity contribution in [2.24, 2.45) is 5.92 Å². The average molecular weight is 545 g/mol. The number of rotatable bonds is 18. The third-order valence-electron chi connectivity index (χ3n) is 7.06. The van der Waals surface area contributed by atoms with E-state index in [9.17, 15) is 19.5 Å². The van der Waals surface area contributed by atoms with Crippen molar-refractivity contribution in [3.05, 3.63) is 59.4 Å². The number of carboxylic acid groups (broad SMARTS) is 1. The number of carboxylic acids is 1. The Bertz CT molecular complexity index is 1000. The lowest BCUT2D eigenvalue weighted by atomic mass is 9.83. The topological polar surface area (TPSA) is 89.9 Å². The van der Waals surface area contributed by atoms with E-state index in [0.717, 1.165) is 63.5 Å². The average Bonchev–Trinajstić information content (AvgIpc) is 2.90. The van der Waals surface area contributed by atoms with Crippen molar-refractivity contribution in [3.8, 4) is 0 Å². The zero-order chi connectivity index (χ0) is 28.7. The van der Waals surface area contributed by atoms with E-state index >= 15 is 4.39 Å². The molecule has 0 aromatic heterocycles. The number of carbonyl (C=O) groups is 3. The zero-order valence-corrected chi connectivity index (χ0v) is 23.8. The van der Waals surface area contributed by atoms with Gasteiger partial charge in [0.15, 0.2) is 5.60 Å². The van der Waals surface area contributed by atoms with Gasteiger partial charge < -0.3 is 14.6 Å². The van der Waals surface area contributed by atoms with Crippen LogP contribution < -0.4 is 0 Å². The highest BCUT2D eigenvalue weighted by molar-refractivity contribution is 5.92. The van der Waals surface area contributed by atoms with E-state index in [2.05, 4.69) is 13.8 Å². The summed E-state index contributed by atoms with van der Waals surface area (Å²) in [4.78, 5) is 37.7. The van der Waals surface area contributed by atoms with E-state index < -0.39 is 35.3 Å². The predicted octanol–water partition coefficient (Wildman–Crippen LogP) is 8.21. The molecule has 39 heavy (non-hydrogen) atoms. The second kappa shape index (κ2) is 16.9. The minimum absolute atomic E-state index is 0.141. The van der Waals surface area contributed by atoms with Crippen molar-refractivity contribution in [2.75, 3.05) is 0 Å². The van der Waals surface area contributed by atoms with Crippen LogP contribution in [0.4, 0.5) is 4.39 Å². The number of halogens is 1. The van der Waals surface area contributed by atoms with Gasteiger partial charge in [0.2, 0.25) is 0 Å². The Labute approximate surface area is 232 Å². The van der Waals surface area contributed by atoms with E-state index in [-0.39, 0.29) is 23.7 Å². The number of esters is 2. The lowest BCUT2D eigenvalue weighted by molar-refractivity contribution is -0.152. The van der Waals surface area contributed by atoms with Gasteiger partial charge in [0.05, 0.1) is 11.7 Å². The summed E-state index contributed by atoms with van der Waals surface area (Å²) in [6.45, 7) is 6.13. The van der Waals surface area contributed by atoms with Crippen LogP contribution in [0.15, 0.2) is 48.3 Å². The molecule has 0 fully saturated rings. The molecule has 0 bridgehead atoms. The molecule has 0 spiro atoms. The zero-order valence-electron chi connectivity index (χ0n) is 23.8. The molecule has 1 N–H and O–H groups in total. The van der Waals surface area contributed by atoms with Crippen molar-refractivity contribution in [3.63, 3.8) is 0 Å². The fourth-order valence-corrected chi connectivity index (χ4v) is 4.79. The van der Waals surface area contributed by atoms with Crippen LogP contribution in [0.5, 0.6) is 0 Å². The first kappa shape index (κ1) is 32.3. The minimum Gasteiger partial charge on any atom is -0.480 e. The molecule has 2 rings (SSSR count). The van der Waals surface area contributed by atoms with Crippen LogP contribution in [0.2, 0.25) is 0 Å². The maximum Gasteiger partial charge on any atom is 0.338 e. The Morgan fingerprint density at radius 3 is 2.21 bits per heavy atom. The van der Waals surface area contributed by atoms with Gasteiger partial charge >= 0.3 is 17.9 Å². The van der Waals surface area contributed by atoms with Crippen LogP contribution in [0, 0.1) is 5.92 Å². The molecule has 0 amide bonds. The lowest BCUT2D eigenvalue weighted by Gasteiger charge is -2.32. The second-order valence-electron chi connectivity index (χ2n) is 10.5. The Morgan fingerprint density at radius 2 is 1.56 bits per heavy atom. The molecule has 0 saturated carbocycles. The Kier molecular flexibility index (Phi) is 14.0. The normalized spacial score (nSPS) is 19.3. The third kappa shape index (κ3) is 10.3. The van der Waals surface area contributed by atoms with E-state index in [0.29, 0.717) is 6.42 Å². The smallest absolute Gasteiger partial charge is 0.338 e. The van der Waals surface area contributed by atoms with Crippen LogP contribution in [0.1, 0.15) is 120 Å². The quantitative estimate of drug-likeness (QED) is 0.114. The minimum atomic E-state index is -1.76. The molecule has 7 heteroatoms. The van der Waals surface area contributed by atoms with Crippen LogP contribution in [0.25, 0.3) is 0 Å². The molecule has 3 atom stereocenters. The summed E-state index contributed by atoms with van der Waals surface area (Å²) in [5.74, 6) is -4.94. The molecule has 0 saturated heterocycles. The SMILES string of the molecule is CCCCCCCCCC(=O)OC1(c2ccccc2C(=O)OC(C)CCCCCC)C=CC(C(=O)O)C(F)=C1. The highest BCUT2D eigenvalue weighted by atomic mass is 19.1. The number of aliphatic carboxylic acids is 1. The van der Waals surface area contributed by atoms with Gasteiger partial charge in [0.25, 0.3) is 0 Å². The third-order valence-corrected chi connectivity index (χ3v) is 7.06. The molecule has 0 radical (unpaired) electrons. The van der Waals surface area contributed by atoms with Gasteiger partial charge in [-0.15, -0.1) is 0 Å². The first-order valence-corrected chi connectivity index (χ1v) is 14.6. The Morgan fingerprint density at radius 1 is 0.949 bits per heavy atom. The molecule has 3 unspecified atom stereocenters. The molecule has 1 aliphatic rings. The van der Waals surface area contributed by atoms with Crippen LogP contribution in [0.3, 0.4) is 0 Å². The van der Waals surface area contributed by atoms with E-state index in [4.69, 9.17) is 9.47 Å². The molecule has 0 aliphatic heterocycles. The van der Waals surface area contributed by atoms with E-state index in [1.807, 2.05) is 6.92 Å². The monoisotopic (exact) mass is 544 g/mol. The lowest BCUT2D eigenvalue weighted by Crippen LogP contribution is -2.34. The number of ether oxygens (including phenoxy) is 2. The van der Waals surface area contributed by atoms with Crippen LogP contribution in [-0.4, -0.2) is 29.1 Å². The molecule has 1 aliphatic carbocycles. The number of hydrogen-bond donors (Lipinski definition) is 1. The van der Waals surface area contributed by atoms with E-state index in [1.165, 1.54) is 25.3 Å². The molecule has 1 aromatic rings. The second-order valence-corrected chi connectivity index (χ2v) is 10.5. The molecule has 6 nitrogen and oxygen atoms in total. The van der Waals surface area contributed by atoms with Crippen molar-refractivity contribution in [1.29, 1.82) is 0 Å². The molecule has 216 valence electrons. The summed E-state index contributed by atoms with van der Waals surface area (Å²) in [5.41, 5.74) is -1.38. The summed E-state index contributed by atoms with van der Waals surface area (Å²) >= 11 is 0. The van der Waals surface area contributed by atoms with Crippen molar-refractivity contribution < 1.29 is 33.4 Å². The Balaban J connectivity index is 2.23. The first-order valence-electron chi connectivity index (χ1n) is 14.6. The fourth-order valence-electron chi connectivity index (χ4n) is 4.79. The van der Waals surface area contributed by atoms with Gasteiger partial charge in [-0.05, 0) is 38.3 Å². The summed E-state index contributed by atoms with van der Waals surface area (Å²) in [6.07, 6.45) is 15.5. The first-order chi connectivity index (χ1) is 18.7. The van der Waals surface area contributed by atoms with Crippen molar-refractivity contribution >= 4 is 17.9 Å². The van der Waals surface area contributed by atoms with Gasteiger partial charge in [-0.3, -0.25) is 9.59 Å².